The number of sulfonamides is 1. The van der Waals surface area contributed by atoms with Crippen LogP contribution in [0, 0.1) is 13.8 Å². The van der Waals surface area contributed by atoms with E-state index in [9.17, 15) is 13.2 Å². The molecule has 182 valence electrons. The van der Waals surface area contributed by atoms with Crippen molar-refractivity contribution in [3.63, 3.8) is 0 Å². The van der Waals surface area contributed by atoms with Crippen molar-refractivity contribution >= 4 is 33.0 Å². The van der Waals surface area contributed by atoms with Crippen LogP contribution in [0.1, 0.15) is 40.7 Å². The van der Waals surface area contributed by atoms with Gasteiger partial charge in [-0.2, -0.15) is 0 Å². The van der Waals surface area contributed by atoms with Gasteiger partial charge >= 0.3 is 0 Å². The molecule has 0 N–H and O–H groups in total. The standard InChI is InChI=1S/C26H34N4O3S/c1-20-6-9-24(21(2)18-20)28-13-15-29(16-14-28)26(31)23-8-7-22(30-12-5-17-34(30,32)33)19-25(23)27-10-3-4-11-27/h6-9,18-19H,3-5,10-17H2,1-2H3. The highest BCUT2D eigenvalue weighted by Crippen LogP contribution is 2.33. The number of amides is 1. The number of rotatable bonds is 4. The van der Waals surface area contributed by atoms with E-state index in [4.69, 9.17) is 0 Å². The fraction of sp³-hybridized carbons (Fsp3) is 0.500. The largest absolute Gasteiger partial charge is 0.371 e. The Bertz CT molecular complexity index is 1180. The first-order chi connectivity index (χ1) is 16.3. The molecule has 3 fully saturated rings. The summed E-state index contributed by atoms with van der Waals surface area (Å²) in [5.74, 6) is 0.232. The highest BCUT2D eigenvalue weighted by molar-refractivity contribution is 7.93. The van der Waals surface area contributed by atoms with E-state index in [1.54, 1.807) is 0 Å². The lowest BCUT2D eigenvalue weighted by Crippen LogP contribution is -2.49. The number of hydrogen-bond acceptors (Lipinski definition) is 5. The monoisotopic (exact) mass is 482 g/mol. The zero-order chi connectivity index (χ0) is 23.9. The molecule has 0 radical (unpaired) electrons. The molecule has 0 atom stereocenters. The van der Waals surface area contributed by atoms with E-state index in [2.05, 4.69) is 41.8 Å². The van der Waals surface area contributed by atoms with E-state index in [-0.39, 0.29) is 11.7 Å². The first-order valence-electron chi connectivity index (χ1n) is 12.3. The van der Waals surface area contributed by atoms with Gasteiger partial charge in [0.25, 0.3) is 5.91 Å². The molecule has 3 aliphatic rings. The first-order valence-corrected chi connectivity index (χ1v) is 14.0. The Morgan fingerprint density at radius 1 is 0.765 bits per heavy atom. The lowest BCUT2D eigenvalue weighted by Gasteiger charge is -2.37. The second-order valence-corrected chi connectivity index (χ2v) is 11.7. The number of anilines is 3. The first kappa shape index (κ1) is 23.0. The lowest BCUT2D eigenvalue weighted by molar-refractivity contribution is 0.0747. The molecule has 34 heavy (non-hydrogen) atoms. The Morgan fingerprint density at radius 2 is 1.47 bits per heavy atom. The number of aryl methyl sites for hydroxylation is 2. The molecule has 2 aromatic carbocycles. The molecule has 0 aliphatic carbocycles. The van der Waals surface area contributed by atoms with Gasteiger partial charge in [0, 0.05) is 51.5 Å². The minimum atomic E-state index is -3.26. The van der Waals surface area contributed by atoms with Crippen LogP contribution in [-0.4, -0.2) is 70.8 Å². The van der Waals surface area contributed by atoms with E-state index in [1.807, 2.05) is 23.1 Å². The average molecular weight is 483 g/mol. The predicted molar refractivity (Wildman–Crippen MR) is 138 cm³/mol. The quantitative estimate of drug-likeness (QED) is 0.668. The van der Waals surface area contributed by atoms with Crippen molar-refractivity contribution in [2.45, 2.75) is 33.1 Å². The molecule has 7 nitrogen and oxygen atoms in total. The molecule has 0 saturated carbocycles. The van der Waals surface area contributed by atoms with E-state index < -0.39 is 10.0 Å². The Kier molecular flexibility index (Phi) is 6.18. The van der Waals surface area contributed by atoms with Gasteiger partial charge in [-0.3, -0.25) is 9.10 Å². The second-order valence-electron chi connectivity index (χ2n) is 9.71. The summed E-state index contributed by atoms with van der Waals surface area (Å²) in [5.41, 5.74) is 6.00. The third-order valence-corrected chi connectivity index (χ3v) is 9.18. The van der Waals surface area contributed by atoms with Gasteiger partial charge in [0.15, 0.2) is 0 Å². The highest BCUT2D eigenvalue weighted by Gasteiger charge is 2.31. The number of benzene rings is 2. The molecule has 8 heteroatoms. The summed E-state index contributed by atoms with van der Waals surface area (Å²) >= 11 is 0. The van der Waals surface area contributed by atoms with Crippen LogP contribution in [-0.2, 0) is 10.0 Å². The van der Waals surface area contributed by atoms with Crippen LogP contribution in [0.2, 0.25) is 0 Å². The van der Waals surface area contributed by atoms with Crippen LogP contribution < -0.4 is 14.1 Å². The molecule has 3 saturated heterocycles. The molecule has 0 aromatic heterocycles. The summed E-state index contributed by atoms with van der Waals surface area (Å²) in [6, 6.07) is 12.1. The number of piperazine rings is 1. The molecule has 3 aliphatic heterocycles. The number of hydrogen-bond donors (Lipinski definition) is 0. The van der Waals surface area contributed by atoms with Crippen LogP contribution in [0.15, 0.2) is 36.4 Å². The third kappa shape index (κ3) is 4.35. The maximum Gasteiger partial charge on any atom is 0.256 e. The van der Waals surface area contributed by atoms with Crippen molar-refractivity contribution in [1.82, 2.24) is 4.90 Å². The molecule has 3 heterocycles. The van der Waals surface area contributed by atoms with Crippen molar-refractivity contribution in [1.29, 1.82) is 0 Å². The number of carbonyl (C=O) groups excluding carboxylic acids is 1. The lowest BCUT2D eigenvalue weighted by atomic mass is 10.1. The molecule has 1 amide bonds. The van der Waals surface area contributed by atoms with Gasteiger partial charge in [-0.15, -0.1) is 0 Å². The fourth-order valence-electron chi connectivity index (χ4n) is 5.49. The van der Waals surface area contributed by atoms with Crippen LogP contribution in [0.5, 0.6) is 0 Å². The zero-order valence-electron chi connectivity index (χ0n) is 20.2. The van der Waals surface area contributed by atoms with Crippen LogP contribution in [0.4, 0.5) is 17.1 Å². The summed E-state index contributed by atoms with van der Waals surface area (Å²) in [6.45, 7) is 9.52. The van der Waals surface area contributed by atoms with E-state index in [0.717, 1.165) is 44.7 Å². The van der Waals surface area contributed by atoms with Crippen molar-refractivity contribution in [3.8, 4) is 0 Å². The summed E-state index contributed by atoms with van der Waals surface area (Å²) in [5, 5.41) is 0. The van der Waals surface area contributed by atoms with Crippen molar-refractivity contribution < 1.29 is 13.2 Å². The second kappa shape index (κ2) is 9.13. The summed E-state index contributed by atoms with van der Waals surface area (Å²) in [7, 11) is -3.26. The maximum absolute atomic E-state index is 13.6. The van der Waals surface area contributed by atoms with Gasteiger partial charge in [0.1, 0.15) is 0 Å². The minimum Gasteiger partial charge on any atom is -0.371 e. The fourth-order valence-corrected chi connectivity index (χ4v) is 7.04. The van der Waals surface area contributed by atoms with Crippen molar-refractivity contribution in [3.05, 3.63) is 53.1 Å². The van der Waals surface area contributed by atoms with E-state index in [0.29, 0.717) is 37.3 Å². The van der Waals surface area contributed by atoms with Crippen LogP contribution >= 0.6 is 0 Å². The molecule has 0 spiro atoms. The summed E-state index contributed by atoms with van der Waals surface area (Å²) in [6.07, 6.45) is 2.83. The van der Waals surface area contributed by atoms with Gasteiger partial charge in [-0.05, 0) is 62.9 Å². The van der Waals surface area contributed by atoms with Crippen LogP contribution in [0.25, 0.3) is 0 Å². The Balaban J connectivity index is 1.37. The van der Waals surface area contributed by atoms with Gasteiger partial charge in [0.2, 0.25) is 10.0 Å². The summed E-state index contributed by atoms with van der Waals surface area (Å²) in [4.78, 5) is 20.2. The Morgan fingerprint density at radius 3 is 2.12 bits per heavy atom. The SMILES string of the molecule is Cc1ccc(N2CCN(C(=O)c3ccc(N4CCCS4(=O)=O)cc3N3CCCC3)CC2)c(C)c1. The van der Waals surface area contributed by atoms with E-state index in [1.165, 1.54) is 21.1 Å². The Labute approximate surface area is 203 Å². The summed E-state index contributed by atoms with van der Waals surface area (Å²) < 4.78 is 26.5. The minimum absolute atomic E-state index is 0.0398. The van der Waals surface area contributed by atoms with Crippen LogP contribution in [0.3, 0.4) is 0 Å². The van der Waals surface area contributed by atoms with Gasteiger partial charge < -0.3 is 14.7 Å². The molecular weight excluding hydrogens is 448 g/mol. The van der Waals surface area contributed by atoms with Gasteiger partial charge in [-0.25, -0.2) is 8.42 Å². The maximum atomic E-state index is 13.6. The van der Waals surface area contributed by atoms with Gasteiger partial charge in [-0.1, -0.05) is 17.7 Å². The highest BCUT2D eigenvalue weighted by atomic mass is 32.2. The third-order valence-electron chi connectivity index (χ3n) is 7.31. The normalized spacial score (nSPS) is 20.3. The molecule has 2 aromatic rings. The molecule has 0 bridgehead atoms. The molecule has 5 rings (SSSR count). The Hall–Kier alpha value is -2.74. The van der Waals surface area contributed by atoms with Crippen molar-refractivity contribution in [2.24, 2.45) is 0 Å². The van der Waals surface area contributed by atoms with Gasteiger partial charge in [0.05, 0.1) is 22.7 Å². The topological polar surface area (TPSA) is 64.2 Å². The molecular formula is C26H34N4O3S. The average Bonchev–Trinajstić information content (AvgIpc) is 3.48. The van der Waals surface area contributed by atoms with E-state index >= 15 is 0 Å². The smallest absolute Gasteiger partial charge is 0.256 e. The number of nitrogens with zero attached hydrogens (tertiary/aromatic N) is 4. The predicted octanol–water partition coefficient (Wildman–Crippen LogP) is 3.41. The number of carbonyl (C=O) groups is 1. The van der Waals surface area contributed by atoms with Crippen molar-refractivity contribution in [2.75, 3.05) is 65.7 Å². The molecule has 0 unspecified atom stereocenters. The zero-order valence-corrected chi connectivity index (χ0v) is 21.0.